The van der Waals surface area contributed by atoms with E-state index in [0.717, 1.165) is 24.8 Å². The molecule has 1 aliphatic rings. The Labute approximate surface area is 115 Å². The molecule has 1 aromatic heterocycles. The van der Waals surface area contributed by atoms with Gasteiger partial charge < -0.3 is 4.74 Å². The van der Waals surface area contributed by atoms with Crippen molar-refractivity contribution in [2.24, 2.45) is 0 Å². The Hall–Kier alpha value is -1.59. The molecule has 0 fully saturated rings. The first kappa shape index (κ1) is 14.8. The number of aryl methyl sites for hydroxylation is 2. The van der Waals surface area contributed by atoms with Crippen molar-refractivity contribution in [2.75, 3.05) is 6.61 Å². The topological polar surface area (TPSA) is 39.2 Å². The molecule has 0 atom stereocenters. The number of hydrogen-bond acceptors (Lipinski definition) is 3. The molecule has 0 unspecified atom stereocenters. The van der Waals surface area contributed by atoms with Gasteiger partial charge in [0.05, 0.1) is 12.2 Å². The maximum Gasteiger partial charge on any atom is 0.434 e. The number of hydrogen-bond donors (Lipinski definition) is 0. The van der Waals surface area contributed by atoms with Crippen LogP contribution in [0.15, 0.2) is 6.07 Å². The third-order valence-electron chi connectivity index (χ3n) is 3.31. The van der Waals surface area contributed by atoms with Gasteiger partial charge in [-0.15, -0.1) is 0 Å². The molecule has 0 saturated carbocycles. The van der Waals surface area contributed by atoms with Gasteiger partial charge in [-0.3, -0.25) is 0 Å². The van der Waals surface area contributed by atoms with Gasteiger partial charge in [0.1, 0.15) is 0 Å². The lowest BCUT2D eigenvalue weighted by molar-refractivity contribution is -0.141. The number of carbonyl (C=O) groups excluding carboxylic acids is 1. The van der Waals surface area contributed by atoms with E-state index in [9.17, 15) is 18.0 Å². The molecule has 0 amide bonds. The van der Waals surface area contributed by atoms with Gasteiger partial charge in [-0.05, 0) is 44.2 Å². The molecule has 0 aromatic carbocycles. The van der Waals surface area contributed by atoms with Gasteiger partial charge in [0, 0.05) is 5.69 Å². The molecule has 0 radical (unpaired) electrons. The van der Waals surface area contributed by atoms with Crippen molar-refractivity contribution in [3.05, 3.63) is 28.6 Å². The van der Waals surface area contributed by atoms with Gasteiger partial charge in [-0.1, -0.05) is 6.42 Å². The Morgan fingerprint density at radius 2 is 2.00 bits per heavy atom. The van der Waals surface area contributed by atoms with Gasteiger partial charge in [0.25, 0.3) is 0 Å². The van der Waals surface area contributed by atoms with Crippen LogP contribution in [0.2, 0.25) is 0 Å². The molecule has 20 heavy (non-hydrogen) atoms. The Kier molecular flexibility index (Phi) is 4.30. The highest BCUT2D eigenvalue weighted by atomic mass is 19.4. The van der Waals surface area contributed by atoms with Crippen LogP contribution in [0.5, 0.6) is 0 Å². The number of alkyl halides is 3. The predicted octanol–water partition coefficient (Wildman–Crippen LogP) is 3.55. The van der Waals surface area contributed by atoms with Crippen molar-refractivity contribution in [3.8, 4) is 0 Å². The Morgan fingerprint density at radius 1 is 1.30 bits per heavy atom. The Morgan fingerprint density at radius 3 is 2.65 bits per heavy atom. The summed E-state index contributed by atoms with van der Waals surface area (Å²) in [6.07, 6.45) is -0.761. The minimum Gasteiger partial charge on any atom is -0.462 e. The van der Waals surface area contributed by atoms with Crippen LogP contribution in [-0.4, -0.2) is 17.6 Å². The van der Waals surface area contributed by atoms with Gasteiger partial charge in [0.15, 0.2) is 5.69 Å². The molecular weight excluding hydrogens is 271 g/mol. The van der Waals surface area contributed by atoms with Crippen LogP contribution in [0.4, 0.5) is 13.2 Å². The highest BCUT2D eigenvalue weighted by Gasteiger charge is 2.38. The molecule has 3 nitrogen and oxygen atoms in total. The summed E-state index contributed by atoms with van der Waals surface area (Å²) in [6, 6.07) is 1.31. The van der Waals surface area contributed by atoms with Crippen molar-refractivity contribution in [1.29, 1.82) is 0 Å². The first-order valence-electron chi connectivity index (χ1n) is 6.70. The van der Waals surface area contributed by atoms with Gasteiger partial charge in [-0.25, -0.2) is 9.78 Å². The smallest absolute Gasteiger partial charge is 0.434 e. The number of rotatable bonds is 2. The van der Waals surface area contributed by atoms with Crippen LogP contribution in [0.1, 0.15) is 53.5 Å². The Bertz CT molecular complexity index is 512. The zero-order valence-corrected chi connectivity index (χ0v) is 11.2. The number of nitrogens with zero attached hydrogens (tertiary/aromatic N) is 1. The average Bonchev–Trinajstić information content (AvgIpc) is 2.60. The number of halogens is 3. The van der Waals surface area contributed by atoms with E-state index in [4.69, 9.17) is 4.74 Å². The zero-order chi connectivity index (χ0) is 14.8. The lowest BCUT2D eigenvalue weighted by Crippen LogP contribution is -2.19. The van der Waals surface area contributed by atoms with Crippen molar-refractivity contribution in [1.82, 2.24) is 4.98 Å². The van der Waals surface area contributed by atoms with Gasteiger partial charge in [-0.2, -0.15) is 13.2 Å². The lowest BCUT2D eigenvalue weighted by Gasteiger charge is -2.15. The van der Waals surface area contributed by atoms with E-state index in [1.54, 1.807) is 6.92 Å². The van der Waals surface area contributed by atoms with Gasteiger partial charge in [0.2, 0.25) is 0 Å². The molecule has 110 valence electrons. The molecule has 0 bridgehead atoms. The highest BCUT2D eigenvalue weighted by molar-refractivity contribution is 5.91. The molecule has 1 heterocycles. The summed E-state index contributed by atoms with van der Waals surface area (Å²) >= 11 is 0. The Balaban J connectivity index is 2.52. The van der Waals surface area contributed by atoms with E-state index in [-0.39, 0.29) is 6.61 Å². The summed E-state index contributed by atoms with van der Waals surface area (Å²) in [7, 11) is 0. The quantitative estimate of drug-likeness (QED) is 0.617. The van der Waals surface area contributed by atoms with Crippen LogP contribution in [0.3, 0.4) is 0 Å². The van der Waals surface area contributed by atoms with Crippen LogP contribution in [-0.2, 0) is 23.8 Å². The number of carbonyl (C=O) groups is 1. The third-order valence-corrected chi connectivity index (χ3v) is 3.31. The van der Waals surface area contributed by atoms with Crippen molar-refractivity contribution in [2.45, 2.75) is 45.2 Å². The number of esters is 1. The number of fused-ring (bicyclic) bond motifs is 1. The number of ether oxygens (including phenoxy) is 1. The van der Waals surface area contributed by atoms with Crippen LogP contribution in [0.25, 0.3) is 0 Å². The van der Waals surface area contributed by atoms with E-state index < -0.39 is 23.4 Å². The van der Waals surface area contributed by atoms with Crippen LogP contribution < -0.4 is 0 Å². The van der Waals surface area contributed by atoms with E-state index in [0.29, 0.717) is 18.5 Å². The fourth-order valence-corrected chi connectivity index (χ4v) is 2.39. The molecule has 2 rings (SSSR count). The van der Waals surface area contributed by atoms with E-state index in [1.807, 2.05) is 0 Å². The van der Waals surface area contributed by atoms with Crippen molar-refractivity contribution in [3.63, 3.8) is 0 Å². The molecule has 0 aliphatic heterocycles. The summed E-state index contributed by atoms with van der Waals surface area (Å²) in [5, 5.41) is 0. The molecule has 1 aromatic rings. The fourth-order valence-electron chi connectivity index (χ4n) is 2.39. The largest absolute Gasteiger partial charge is 0.462 e. The first-order chi connectivity index (χ1) is 9.43. The SMILES string of the molecule is CCOC(=O)c1cc2c(nc1C(F)(F)F)CCCCC2. The molecule has 0 spiro atoms. The second-order valence-electron chi connectivity index (χ2n) is 4.77. The summed E-state index contributed by atoms with van der Waals surface area (Å²) in [5.41, 5.74) is -0.405. The maximum absolute atomic E-state index is 13.1. The summed E-state index contributed by atoms with van der Waals surface area (Å²) < 4.78 is 43.9. The summed E-state index contributed by atoms with van der Waals surface area (Å²) in [6.45, 7) is 1.59. The van der Waals surface area contributed by atoms with E-state index in [2.05, 4.69) is 4.98 Å². The van der Waals surface area contributed by atoms with Crippen LogP contribution in [0, 0.1) is 0 Å². The zero-order valence-electron chi connectivity index (χ0n) is 11.2. The van der Waals surface area contributed by atoms with E-state index >= 15 is 0 Å². The first-order valence-corrected chi connectivity index (χ1v) is 6.70. The minimum absolute atomic E-state index is 0.0349. The maximum atomic E-state index is 13.1. The molecule has 0 N–H and O–H groups in total. The predicted molar refractivity (Wildman–Crippen MR) is 66.5 cm³/mol. The minimum atomic E-state index is -4.65. The number of aromatic nitrogens is 1. The third kappa shape index (κ3) is 3.11. The summed E-state index contributed by atoms with van der Waals surface area (Å²) in [4.78, 5) is 15.4. The highest BCUT2D eigenvalue weighted by Crippen LogP contribution is 2.33. The number of pyridine rings is 1. The summed E-state index contributed by atoms with van der Waals surface area (Å²) in [5.74, 6) is -0.959. The van der Waals surface area contributed by atoms with Crippen molar-refractivity contribution >= 4 is 5.97 Å². The molecule has 0 saturated heterocycles. The second kappa shape index (κ2) is 5.81. The average molecular weight is 287 g/mol. The molecule has 1 aliphatic carbocycles. The van der Waals surface area contributed by atoms with E-state index in [1.165, 1.54) is 6.07 Å². The van der Waals surface area contributed by atoms with Crippen molar-refractivity contribution < 1.29 is 22.7 Å². The molecular formula is C14H16F3NO2. The monoisotopic (exact) mass is 287 g/mol. The second-order valence-corrected chi connectivity index (χ2v) is 4.77. The fraction of sp³-hybridized carbons (Fsp3) is 0.571. The van der Waals surface area contributed by atoms with Crippen LogP contribution >= 0.6 is 0 Å². The standard InChI is InChI=1S/C14H16F3NO2/c1-2-20-13(19)10-8-9-6-4-3-5-7-11(9)18-12(10)14(15,16)17/h8H,2-7H2,1H3. The lowest BCUT2D eigenvalue weighted by atomic mass is 10.0. The normalized spacial score (nSPS) is 15.4. The van der Waals surface area contributed by atoms with Gasteiger partial charge >= 0.3 is 12.1 Å². The molecule has 6 heteroatoms.